The highest BCUT2D eigenvalue weighted by Gasteiger charge is 2.38. The number of carbonyl (C=O) groups is 1. The number of pyridine rings is 1. The molecule has 1 unspecified atom stereocenters. The molecule has 0 aromatic carbocycles. The van der Waals surface area contributed by atoms with Gasteiger partial charge in [-0.15, -0.1) is 10.2 Å². The van der Waals surface area contributed by atoms with Gasteiger partial charge in [-0.2, -0.15) is 0 Å². The second kappa shape index (κ2) is 9.33. The highest BCUT2D eigenvalue weighted by molar-refractivity contribution is 5.74. The fourth-order valence-electron chi connectivity index (χ4n) is 5.22. The molecular weight excluding hydrogens is 376 g/mol. The van der Waals surface area contributed by atoms with Crippen molar-refractivity contribution in [2.75, 3.05) is 19.6 Å². The second-order valence-corrected chi connectivity index (χ2v) is 9.37. The molecule has 7 heteroatoms. The predicted molar refractivity (Wildman–Crippen MR) is 118 cm³/mol. The minimum absolute atomic E-state index is 0.108. The molecule has 1 aliphatic heterocycles. The number of likely N-dealkylation sites (tertiary alicyclic amines) is 1. The number of hydrogen-bond donors (Lipinski definition) is 2. The molecule has 2 aliphatic rings. The first kappa shape index (κ1) is 21.1. The molecule has 2 aromatic heterocycles. The topological polar surface area (TPSA) is 74.6 Å². The molecule has 2 N–H and O–H groups in total. The molecule has 30 heavy (non-hydrogen) atoms. The zero-order valence-corrected chi connectivity index (χ0v) is 18.4. The molecule has 0 bridgehead atoms. The van der Waals surface area contributed by atoms with E-state index < -0.39 is 0 Å². The van der Waals surface area contributed by atoms with E-state index in [1.54, 1.807) is 0 Å². The summed E-state index contributed by atoms with van der Waals surface area (Å²) in [6.07, 6.45) is 12.1. The summed E-state index contributed by atoms with van der Waals surface area (Å²) in [4.78, 5) is 15.6. The SMILES string of the molecule is CC(C)C(NC(=O)NCC1(N2CCCCC2)CCCCC1)c1nnc2ccccn12. The van der Waals surface area contributed by atoms with E-state index in [4.69, 9.17) is 0 Å². The van der Waals surface area contributed by atoms with E-state index in [0.717, 1.165) is 18.0 Å². The molecule has 2 fully saturated rings. The first-order chi connectivity index (χ1) is 14.6. The molecule has 1 aliphatic carbocycles. The highest BCUT2D eigenvalue weighted by Crippen LogP contribution is 2.35. The number of piperidine rings is 1. The molecular formula is C23H36N6O. The zero-order valence-electron chi connectivity index (χ0n) is 18.4. The van der Waals surface area contributed by atoms with Crippen molar-refractivity contribution in [3.05, 3.63) is 30.2 Å². The molecule has 164 valence electrons. The van der Waals surface area contributed by atoms with Crippen LogP contribution in [0.25, 0.3) is 5.65 Å². The number of nitrogens with one attached hydrogen (secondary N) is 2. The lowest BCUT2D eigenvalue weighted by atomic mass is 9.79. The minimum atomic E-state index is -0.195. The van der Waals surface area contributed by atoms with Crippen LogP contribution in [-0.2, 0) is 0 Å². The maximum Gasteiger partial charge on any atom is 0.315 e. The van der Waals surface area contributed by atoms with Gasteiger partial charge in [0.15, 0.2) is 11.5 Å². The standard InChI is InChI=1S/C23H36N6O/c1-18(2)20(21-27-26-19-11-5-10-16-29(19)21)25-22(30)24-17-23(12-6-3-7-13-23)28-14-8-4-9-15-28/h5,10-11,16,18,20H,3-4,6-9,12-15,17H2,1-2H3,(H2,24,25,30). The van der Waals surface area contributed by atoms with Crippen LogP contribution in [0.5, 0.6) is 0 Å². The van der Waals surface area contributed by atoms with E-state index in [-0.39, 0.29) is 23.5 Å². The molecule has 0 radical (unpaired) electrons. The summed E-state index contributed by atoms with van der Waals surface area (Å²) in [7, 11) is 0. The quantitative estimate of drug-likeness (QED) is 0.754. The normalized spacial score (nSPS) is 20.9. The van der Waals surface area contributed by atoms with Gasteiger partial charge in [0.25, 0.3) is 0 Å². The Labute approximate surface area is 179 Å². The van der Waals surface area contributed by atoms with Gasteiger partial charge in [-0.3, -0.25) is 9.30 Å². The Bertz CT molecular complexity index is 835. The number of nitrogens with zero attached hydrogens (tertiary/aromatic N) is 4. The summed E-state index contributed by atoms with van der Waals surface area (Å²) in [6.45, 7) is 7.27. The van der Waals surface area contributed by atoms with Gasteiger partial charge in [-0.1, -0.05) is 45.6 Å². The first-order valence-electron chi connectivity index (χ1n) is 11.7. The molecule has 1 saturated heterocycles. The van der Waals surface area contributed by atoms with Gasteiger partial charge in [-0.25, -0.2) is 4.79 Å². The molecule has 4 rings (SSSR count). The predicted octanol–water partition coefficient (Wildman–Crippen LogP) is 3.91. The Balaban J connectivity index is 1.44. The van der Waals surface area contributed by atoms with Crippen molar-refractivity contribution >= 4 is 11.7 Å². The van der Waals surface area contributed by atoms with Crippen molar-refractivity contribution in [1.82, 2.24) is 30.1 Å². The summed E-state index contributed by atoms with van der Waals surface area (Å²) in [5.41, 5.74) is 0.928. The van der Waals surface area contributed by atoms with Crippen molar-refractivity contribution in [3.8, 4) is 0 Å². The van der Waals surface area contributed by atoms with E-state index in [1.165, 1.54) is 64.5 Å². The van der Waals surface area contributed by atoms with Crippen LogP contribution in [0.3, 0.4) is 0 Å². The number of carbonyl (C=O) groups excluding carboxylic acids is 1. The van der Waals surface area contributed by atoms with Crippen LogP contribution >= 0.6 is 0 Å². The lowest BCUT2D eigenvalue weighted by molar-refractivity contribution is 0.0353. The van der Waals surface area contributed by atoms with Crippen molar-refractivity contribution in [3.63, 3.8) is 0 Å². The third-order valence-corrected chi connectivity index (χ3v) is 6.96. The largest absolute Gasteiger partial charge is 0.336 e. The van der Waals surface area contributed by atoms with Gasteiger partial charge >= 0.3 is 6.03 Å². The molecule has 3 heterocycles. The maximum absolute atomic E-state index is 13.0. The van der Waals surface area contributed by atoms with Crippen LogP contribution < -0.4 is 10.6 Å². The Hall–Kier alpha value is -2.15. The smallest absolute Gasteiger partial charge is 0.315 e. The third-order valence-electron chi connectivity index (χ3n) is 6.96. The number of rotatable bonds is 6. The van der Waals surface area contributed by atoms with Crippen LogP contribution in [0, 0.1) is 5.92 Å². The average molecular weight is 413 g/mol. The first-order valence-corrected chi connectivity index (χ1v) is 11.7. The third kappa shape index (κ3) is 4.46. The maximum atomic E-state index is 13.0. The van der Waals surface area contributed by atoms with Gasteiger partial charge < -0.3 is 10.6 Å². The Morgan fingerprint density at radius 1 is 1.07 bits per heavy atom. The Morgan fingerprint density at radius 2 is 1.80 bits per heavy atom. The van der Waals surface area contributed by atoms with E-state index >= 15 is 0 Å². The van der Waals surface area contributed by atoms with Gasteiger partial charge in [0.2, 0.25) is 0 Å². The van der Waals surface area contributed by atoms with Crippen molar-refractivity contribution in [1.29, 1.82) is 0 Å². The van der Waals surface area contributed by atoms with Gasteiger partial charge in [0.1, 0.15) is 0 Å². The monoisotopic (exact) mass is 412 g/mol. The minimum Gasteiger partial charge on any atom is -0.336 e. The molecule has 7 nitrogen and oxygen atoms in total. The van der Waals surface area contributed by atoms with Gasteiger partial charge in [0.05, 0.1) is 6.04 Å². The van der Waals surface area contributed by atoms with E-state index in [2.05, 4.69) is 39.6 Å². The van der Waals surface area contributed by atoms with Crippen LogP contribution in [-0.4, -0.2) is 50.7 Å². The summed E-state index contributed by atoms with van der Waals surface area (Å²) < 4.78 is 1.96. The van der Waals surface area contributed by atoms with E-state index in [9.17, 15) is 4.79 Å². The molecule has 1 saturated carbocycles. The average Bonchev–Trinajstić information content (AvgIpc) is 3.21. The Morgan fingerprint density at radius 3 is 2.53 bits per heavy atom. The molecule has 0 spiro atoms. The van der Waals surface area contributed by atoms with Gasteiger partial charge in [0, 0.05) is 18.3 Å². The lowest BCUT2D eigenvalue weighted by Crippen LogP contribution is -2.59. The fourth-order valence-corrected chi connectivity index (χ4v) is 5.22. The molecule has 1 atom stereocenters. The van der Waals surface area contributed by atoms with Crippen LogP contribution in [0.2, 0.25) is 0 Å². The van der Waals surface area contributed by atoms with Crippen molar-refractivity contribution < 1.29 is 4.79 Å². The summed E-state index contributed by atoms with van der Waals surface area (Å²) >= 11 is 0. The summed E-state index contributed by atoms with van der Waals surface area (Å²) in [5.74, 6) is 0.980. The van der Waals surface area contributed by atoms with Gasteiger partial charge in [-0.05, 0) is 56.8 Å². The Kier molecular flexibility index (Phi) is 6.56. The van der Waals surface area contributed by atoms with E-state index in [1.807, 2.05) is 28.8 Å². The summed E-state index contributed by atoms with van der Waals surface area (Å²) in [5, 5.41) is 15.0. The fraction of sp³-hybridized carbons (Fsp3) is 0.696. The number of amides is 2. The summed E-state index contributed by atoms with van der Waals surface area (Å²) in [6, 6.07) is 5.54. The number of fused-ring (bicyclic) bond motifs is 1. The van der Waals surface area contributed by atoms with Crippen LogP contribution in [0.1, 0.15) is 77.1 Å². The molecule has 2 aromatic rings. The van der Waals surface area contributed by atoms with Crippen molar-refractivity contribution in [2.24, 2.45) is 5.92 Å². The van der Waals surface area contributed by atoms with Crippen molar-refractivity contribution in [2.45, 2.75) is 76.8 Å². The zero-order chi connectivity index (χ0) is 21.0. The lowest BCUT2D eigenvalue weighted by Gasteiger charge is -2.48. The number of hydrogen-bond acceptors (Lipinski definition) is 4. The van der Waals surface area contributed by atoms with Crippen LogP contribution in [0.15, 0.2) is 24.4 Å². The second-order valence-electron chi connectivity index (χ2n) is 9.37. The van der Waals surface area contributed by atoms with E-state index in [0.29, 0.717) is 0 Å². The highest BCUT2D eigenvalue weighted by atomic mass is 16.2. The number of aromatic nitrogens is 3. The molecule has 2 amide bonds. The number of urea groups is 1. The van der Waals surface area contributed by atoms with Crippen LogP contribution in [0.4, 0.5) is 4.79 Å².